The first kappa shape index (κ1) is 20.7. The van der Waals surface area contributed by atoms with Gasteiger partial charge in [-0.1, -0.05) is 26.0 Å². The zero-order valence-electron chi connectivity index (χ0n) is 15.6. The minimum atomic E-state index is -4.35. The minimum Gasteiger partial charge on any atom is -0.378 e. The Bertz CT molecular complexity index is 643. The van der Waals surface area contributed by atoms with Crippen molar-refractivity contribution in [2.24, 2.45) is 11.1 Å². The predicted molar refractivity (Wildman–Crippen MR) is 93.5 cm³/mol. The predicted octanol–water partition coefficient (Wildman–Crippen LogP) is 3.29. The maximum atomic E-state index is 12.7. The summed E-state index contributed by atoms with van der Waals surface area (Å²) >= 11 is 0. The van der Waals surface area contributed by atoms with Crippen LogP contribution in [0.5, 0.6) is 0 Å². The Morgan fingerprint density at radius 3 is 2.38 bits per heavy atom. The fourth-order valence-corrected chi connectivity index (χ4v) is 3.41. The molecule has 0 aromatic heterocycles. The number of benzene rings is 1. The van der Waals surface area contributed by atoms with Crippen molar-refractivity contribution >= 4 is 5.91 Å². The summed E-state index contributed by atoms with van der Waals surface area (Å²) in [5, 5.41) is 2.89. The van der Waals surface area contributed by atoms with E-state index in [2.05, 4.69) is 5.32 Å². The van der Waals surface area contributed by atoms with Crippen LogP contribution in [0.3, 0.4) is 0 Å². The van der Waals surface area contributed by atoms with Crippen LogP contribution >= 0.6 is 0 Å². The highest BCUT2D eigenvalue weighted by Gasteiger charge is 2.62. The third kappa shape index (κ3) is 3.88. The number of halogens is 3. The highest BCUT2D eigenvalue weighted by molar-refractivity contribution is 5.89. The molecule has 1 amide bonds. The molecule has 0 spiro atoms. The number of hydrogen-bond donors (Lipinski definition) is 2. The van der Waals surface area contributed by atoms with Gasteiger partial charge in [0.2, 0.25) is 5.91 Å². The summed E-state index contributed by atoms with van der Waals surface area (Å²) < 4.78 is 43.5. The van der Waals surface area contributed by atoms with Gasteiger partial charge < -0.3 is 15.8 Å². The average molecular weight is 372 g/mol. The van der Waals surface area contributed by atoms with Gasteiger partial charge in [0.15, 0.2) is 0 Å². The molecule has 26 heavy (non-hydrogen) atoms. The van der Waals surface area contributed by atoms with Crippen LogP contribution in [-0.4, -0.2) is 30.2 Å². The van der Waals surface area contributed by atoms with Gasteiger partial charge in [0, 0.05) is 24.5 Å². The minimum absolute atomic E-state index is 0.0616. The van der Waals surface area contributed by atoms with Crippen LogP contribution < -0.4 is 11.1 Å². The van der Waals surface area contributed by atoms with Gasteiger partial charge in [-0.15, -0.1) is 0 Å². The van der Waals surface area contributed by atoms with E-state index in [9.17, 15) is 18.0 Å². The standard InChI is InChI=1S/C19H27F3N2O2/c1-5-26-15-11-18(23,17(15,3)4)16(25)24-12(2)10-13-6-8-14(9-7-13)19(20,21)22/h6-9,12,15H,5,10-11,23H2,1-4H3,(H,24,25). The molecule has 1 aromatic carbocycles. The van der Waals surface area contributed by atoms with E-state index in [0.717, 1.165) is 17.7 Å². The van der Waals surface area contributed by atoms with Crippen LogP contribution in [0.25, 0.3) is 0 Å². The van der Waals surface area contributed by atoms with E-state index < -0.39 is 22.7 Å². The molecule has 7 heteroatoms. The third-order valence-electron chi connectivity index (χ3n) is 5.44. The zero-order valence-corrected chi connectivity index (χ0v) is 15.6. The van der Waals surface area contributed by atoms with Crippen LogP contribution in [0.2, 0.25) is 0 Å². The van der Waals surface area contributed by atoms with Crippen LogP contribution in [0.4, 0.5) is 13.2 Å². The molecular weight excluding hydrogens is 345 g/mol. The third-order valence-corrected chi connectivity index (χ3v) is 5.44. The van der Waals surface area contributed by atoms with E-state index in [1.807, 2.05) is 27.7 Å². The molecule has 3 unspecified atom stereocenters. The zero-order chi connectivity index (χ0) is 19.8. The van der Waals surface area contributed by atoms with Crippen molar-refractivity contribution in [2.45, 2.75) is 64.4 Å². The Labute approximate surface area is 152 Å². The number of amides is 1. The number of nitrogens with one attached hydrogen (secondary N) is 1. The summed E-state index contributed by atoms with van der Waals surface area (Å²) in [5.74, 6) is -0.252. The maximum absolute atomic E-state index is 12.7. The summed E-state index contributed by atoms with van der Waals surface area (Å²) in [4.78, 5) is 12.7. The molecule has 1 saturated carbocycles. The van der Waals surface area contributed by atoms with Gasteiger partial charge in [-0.3, -0.25) is 4.79 Å². The van der Waals surface area contributed by atoms with Gasteiger partial charge >= 0.3 is 6.18 Å². The SMILES string of the molecule is CCOC1CC(N)(C(=O)NC(C)Cc2ccc(C(F)(F)F)cc2)C1(C)C. The molecule has 146 valence electrons. The number of rotatable bonds is 6. The Morgan fingerprint density at radius 2 is 1.92 bits per heavy atom. The van der Waals surface area contributed by atoms with Crippen molar-refractivity contribution in [2.75, 3.05) is 6.61 Å². The fourth-order valence-electron chi connectivity index (χ4n) is 3.41. The van der Waals surface area contributed by atoms with Gasteiger partial charge in [0.05, 0.1) is 11.7 Å². The van der Waals surface area contributed by atoms with E-state index in [4.69, 9.17) is 10.5 Å². The molecule has 0 heterocycles. The Hall–Kier alpha value is -1.60. The molecular formula is C19H27F3N2O2. The van der Waals surface area contributed by atoms with Gasteiger partial charge in [0.25, 0.3) is 0 Å². The molecule has 1 fully saturated rings. The van der Waals surface area contributed by atoms with Gasteiger partial charge in [0.1, 0.15) is 5.54 Å². The summed E-state index contributed by atoms with van der Waals surface area (Å²) in [6.07, 6.45) is -3.53. The van der Waals surface area contributed by atoms with E-state index in [1.165, 1.54) is 12.1 Å². The van der Waals surface area contributed by atoms with Crippen LogP contribution in [-0.2, 0) is 22.1 Å². The van der Waals surface area contributed by atoms with Crippen LogP contribution in [0.1, 0.15) is 45.2 Å². The number of alkyl halides is 3. The second-order valence-electron chi connectivity index (χ2n) is 7.61. The molecule has 2 rings (SSSR count). The smallest absolute Gasteiger partial charge is 0.378 e. The molecule has 0 saturated heterocycles. The number of ether oxygens (including phenoxy) is 1. The van der Waals surface area contributed by atoms with Gasteiger partial charge in [-0.2, -0.15) is 13.2 Å². The van der Waals surface area contributed by atoms with Crippen LogP contribution in [0, 0.1) is 5.41 Å². The molecule has 3 atom stereocenters. The first-order valence-electron chi connectivity index (χ1n) is 8.79. The first-order chi connectivity index (χ1) is 11.9. The molecule has 3 N–H and O–H groups in total. The lowest BCUT2D eigenvalue weighted by molar-refractivity contribution is -0.171. The highest BCUT2D eigenvalue weighted by atomic mass is 19.4. The van der Waals surface area contributed by atoms with Crippen molar-refractivity contribution in [3.63, 3.8) is 0 Å². The van der Waals surface area contributed by atoms with Gasteiger partial charge in [-0.05, 0) is 38.0 Å². The maximum Gasteiger partial charge on any atom is 0.416 e. The fraction of sp³-hybridized carbons (Fsp3) is 0.632. The summed E-state index contributed by atoms with van der Waals surface area (Å²) in [7, 11) is 0. The van der Waals surface area contributed by atoms with E-state index >= 15 is 0 Å². The Kier molecular flexibility index (Phi) is 5.73. The molecule has 1 aliphatic carbocycles. The lowest BCUT2D eigenvalue weighted by Crippen LogP contribution is -2.76. The largest absolute Gasteiger partial charge is 0.416 e. The quantitative estimate of drug-likeness (QED) is 0.805. The van der Waals surface area contributed by atoms with Crippen molar-refractivity contribution in [1.82, 2.24) is 5.32 Å². The van der Waals surface area contributed by atoms with Gasteiger partial charge in [-0.25, -0.2) is 0 Å². The van der Waals surface area contributed by atoms with Crippen molar-refractivity contribution in [3.05, 3.63) is 35.4 Å². The number of hydrogen-bond acceptors (Lipinski definition) is 3. The molecule has 0 radical (unpaired) electrons. The number of nitrogens with two attached hydrogens (primary N) is 1. The lowest BCUT2D eigenvalue weighted by Gasteiger charge is -2.57. The van der Waals surface area contributed by atoms with E-state index in [1.54, 1.807) is 0 Å². The Morgan fingerprint density at radius 1 is 1.35 bits per heavy atom. The van der Waals surface area contributed by atoms with Crippen molar-refractivity contribution in [1.29, 1.82) is 0 Å². The Balaban J connectivity index is 1.95. The second kappa shape index (κ2) is 7.19. The topological polar surface area (TPSA) is 64.3 Å². The van der Waals surface area contributed by atoms with Crippen molar-refractivity contribution in [3.8, 4) is 0 Å². The molecule has 0 aliphatic heterocycles. The average Bonchev–Trinajstić information content (AvgIpc) is 2.53. The summed E-state index contributed by atoms with van der Waals surface area (Å²) in [6.45, 7) is 8.10. The summed E-state index contributed by atoms with van der Waals surface area (Å²) in [6, 6.07) is 4.72. The summed E-state index contributed by atoms with van der Waals surface area (Å²) in [5.41, 5.74) is 4.88. The molecule has 1 aromatic rings. The monoisotopic (exact) mass is 372 g/mol. The number of carbonyl (C=O) groups is 1. The van der Waals surface area contributed by atoms with E-state index in [0.29, 0.717) is 19.4 Å². The highest BCUT2D eigenvalue weighted by Crippen LogP contribution is 2.49. The molecule has 4 nitrogen and oxygen atoms in total. The molecule has 0 bridgehead atoms. The molecule has 1 aliphatic rings. The van der Waals surface area contributed by atoms with Crippen molar-refractivity contribution < 1.29 is 22.7 Å². The number of carbonyl (C=O) groups excluding carboxylic acids is 1. The van der Waals surface area contributed by atoms with Crippen LogP contribution in [0.15, 0.2) is 24.3 Å². The van der Waals surface area contributed by atoms with E-state index in [-0.39, 0.29) is 18.1 Å². The normalized spacial score (nSPS) is 26.1. The first-order valence-corrected chi connectivity index (χ1v) is 8.79. The second-order valence-corrected chi connectivity index (χ2v) is 7.61. The lowest BCUT2D eigenvalue weighted by atomic mass is 9.54.